The molecule has 1 aliphatic rings. The van der Waals surface area contributed by atoms with Gasteiger partial charge in [0.15, 0.2) is 7.14 Å². The van der Waals surface area contributed by atoms with E-state index in [2.05, 4.69) is 0 Å². The maximum Gasteiger partial charge on any atom is 0.238 e. The molecule has 1 aliphatic heterocycles. The van der Waals surface area contributed by atoms with E-state index in [4.69, 9.17) is 0 Å². The van der Waals surface area contributed by atoms with Crippen molar-refractivity contribution >= 4 is 29.3 Å². The van der Waals surface area contributed by atoms with Crippen molar-refractivity contribution in [1.29, 1.82) is 0 Å². The van der Waals surface area contributed by atoms with Crippen molar-refractivity contribution < 1.29 is 13.8 Å². The average Bonchev–Trinajstić information content (AvgIpc) is 2.87. The van der Waals surface area contributed by atoms with Gasteiger partial charge in [-0.05, 0) is 29.3 Å². The quantitative estimate of drug-likeness (QED) is 0.391. The first kappa shape index (κ1) is 21.4. The van der Waals surface area contributed by atoms with Gasteiger partial charge in [0, 0.05) is 29.3 Å². The molecule has 0 fully saturated rings. The van der Waals surface area contributed by atoms with E-state index < -0.39 is 18.7 Å². The Labute approximate surface area is 192 Å². The predicted molar refractivity (Wildman–Crippen MR) is 132 cm³/mol. The Morgan fingerprint density at radius 2 is 1.27 bits per heavy atom. The van der Waals surface area contributed by atoms with Crippen molar-refractivity contribution in [2.75, 3.05) is 11.9 Å². The third-order valence-electron chi connectivity index (χ3n) is 6.42. The summed E-state index contributed by atoms with van der Waals surface area (Å²) >= 11 is 0. The Morgan fingerprint density at radius 3 is 1.82 bits per heavy atom. The molecule has 0 N–H and O–H groups in total. The minimum absolute atomic E-state index is 0.237. The van der Waals surface area contributed by atoms with E-state index in [1.165, 1.54) is 17.0 Å². The van der Waals surface area contributed by atoms with Crippen LogP contribution in [0.15, 0.2) is 109 Å². The zero-order valence-corrected chi connectivity index (χ0v) is 19.0. The van der Waals surface area contributed by atoms with Gasteiger partial charge in [-0.25, -0.2) is 4.39 Å². The minimum atomic E-state index is -3.50. The van der Waals surface area contributed by atoms with Crippen molar-refractivity contribution in [1.82, 2.24) is 0 Å². The smallest absolute Gasteiger partial charge is 0.238 e. The molecule has 0 aliphatic carbocycles. The van der Waals surface area contributed by atoms with Crippen LogP contribution in [0.2, 0.25) is 0 Å². The fourth-order valence-corrected chi connectivity index (χ4v) is 8.27. The first-order valence-corrected chi connectivity index (χ1v) is 12.6. The standard InChI is InChI=1S/C28H23FNO2P/c1-30-25-18-17-21(29)19-24(25)26(20-11-5-2-6-12-20)27(28(30)31)33(32,22-13-7-3-8-14-22)23-15-9-4-10-16-23/h2-19,26-27H,1H3/t26-,27+/m1/s1. The molecule has 2 atom stereocenters. The van der Waals surface area contributed by atoms with Crippen molar-refractivity contribution in [3.8, 4) is 0 Å². The molecule has 33 heavy (non-hydrogen) atoms. The number of rotatable bonds is 4. The van der Waals surface area contributed by atoms with Crippen molar-refractivity contribution in [3.63, 3.8) is 0 Å². The molecule has 0 saturated heterocycles. The van der Waals surface area contributed by atoms with E-state index in [-0.39, 0.29) is 11.7 Å². The van der Waals surface area contributed by atoms with E-state index in [1.807, 2.05) is 91.0 Å². The molecule has 4 aromatic rings. The van der Waals surface area contributed by atoms with Crippen LogP contribution in [0.3, 0.4) is 0 Å². The van der Waals surface area contributed by atoms with Gasteiger partial charge in [-0.2, -0.15) is 0 Å². The summed E-state index contributed by atoms with van der Waals surface area (Å²) in [5.74, 6) is -1.18. The van der Waals surface area contributed by atoms with E-state index in [1.54, 1.807) is 13.1 Å². The van der Waals surface area contributed by atoms with Crippen LogP contribution < -0.4 is 15.5 Å². The van der Waals surface area contributed by atoms with Crippen LogP contribution in [0.4, 0.5) is 10.1 Å². The van der Waals surface area contributed by atoms with Crippen molar-refractivity contribution in [2.45, 2.75) is 11.6 Å². The van der Waals surface area contributed by atoms with Crippen LogP contribution in [-0.4, -0.2) is 18.6 Å². The summed E-state index contributed by atoms with van der Waals surface area (Å²) in [5.41, 5.74) is 1.23. The Balaban J connectivity index is 1.85. The van der Waals surface area contributed by atoms with Gasteiger partial charge in [-0.15, -0.1) is 0 Å². The van der Waals surface area contributed by atoms with Gasteiger partial charge in [-0.1, -0.05) is 91.0 Å². The SMILES string of the molecule is CN1C(=O)[C@@H](P(=O)(c2ccccc2)c2ccccc2)[C@H](c2ccccc2)c2cc(F)ccc21. The normalized spacial score (nSPS) is 18.1. The van der Waals surface area contributed by atoms with Crippen LogP contribution in [0.25, 0.3) is 0 Å². The lowest BCUT2D eigenvalue weighted by Gasteiger charge is -2.41. The van der Waals surface area contributed by atoms with Crippen molar-refractivity contribution in [3.05, 3.63) is 126 Å². The number of nitrogens with zero attached hydrogens (tertiary/aromatic N) is 1. The summed E-state index contributed by atoms with van der Waals surface area (Å²) in [6.45, 7) is 0. The van der Waals surface area contributed by atoms with Crippen LogP contribution in [-0.2, 0) is 9.36 Å². The molecule has 5 heteroatoms. The first-order valence-electron chi connectivity index (χ1n) is 10.8. The zero-order valence-electron chi connectivity index (χ0n) is 18.1. The number of hydrogen-bond donors (Lipinski definition) is 0. The summed E-state index contributed by atoms with van der Waals surface area (Å²) in [6, 6.07) is 32.4. The molecule has 0 radical (unpaired) electrons. The molecule has 1 heterocycles. The third kappa shape index (κ3) is 3.51. The van der Waals surface area contributed by atoms with Gasteiger partial charge in [0.1, 0.15) is 11.5 Å². The molecule has 0 spiro atoms. The second kappa shape index (κ2) is 8.46. The lowest BCUT2D eigenvalue weighted by atomic mass is 9.83. The third-order valence-corrected chi connectivity index (χ3v) is 9.85. The second-order valence-corrected chi connectivity index (χ2v) is 11.2. The van der Waals surface area contributed by atoms with Gasteiger partial charge in [0.2, 0.25) is 5.91 Å². The average molecular weight is 455 g/mol. The highest BCUT2D eigenvalue weighted by Crippen LogP contribution is 2.58. The van der Waals surface area contributed by atoms with Gasteiger partial charge < -0.3 is 9.46 Å². The zero-order chi connectivity index (χ0) is 23.0. The maximum absolute atomic E-state index is 15.3. The van der Waals surface area contributed by atoms with Crippen molar-refractivity contribution in [2.24, 2.45) is 0 Å². The number of carbonyl (C=O) groups excluding carboxylic acids is 1. The summed E-state index contributed by atoms with van der Waals surface area (Å²) < 4.78 is 29.8. The van der Waals surface area contributed by atoms with E-state index in [0.29, 0.717) is 21.9 Å². The van der Waals surface area contributed by atoms with Crippen LogP contribution in [0.5, 0.6) is 0 Å². The molecule has 1 amide bonds. The summed E-state index contributed by atoms with van der Waals surface area (Å²) in [7, 11) is -1.82. The number of halogens is 1. The summed E-state index contributed by atoms with van der Waals surface area (Å²) in [4.78, 5) is 15.5. The number of benzene rings is 4. The predicted octanol–water partition coefficient (Wildman–Crippen LogP) is 5.32. The Morgan fingerprint density at radius 1 is 0.758 bits per heavy atom. The molecular weight excluding hydrogens is 432 g/mol. The number of carbonyl (C=O) groups is 1. The molecule has 0 saturated carbocycles. The lowest BCUT2D eigenvalue weighted by molar-refractivity contribution is -0.118. The topological polar surface area (TPSA) is 37.4 Å². The largest absolute Gasteiger partial charge is 0.314 e. The number of fused-ring (bicyclic) bond motifs is 1. The summed E-state index contributed by atoms with van der Waals surface area (Å²) in [5, 5.41) is 1.23. The highest BCUT2D eigenvalue weighted by molar-refractivity contribution is 7.80. The first-order chi connectivity index (χ1) is 16.0. The van der Waals surface area contributed by atoms with Crippen LogP contribution in [0.1, 0.15) is 17.0 Å². The second-order valence-electron chi connectivity index (χ2n) is 8.26. The van der Waals surface area contributed by atoms with E-state index in [9.17, 15) is 9.18 Å². The highest BCUT2D eigenvalue weighted by Gasteiger charge is 2.51. The Kier molecular flexibility index (Phi) is 5.47. The molecule has 164 valence electrons. The van der Waals surface area contributed by atoms with Gasteiger partial charge >= 0.3 is 0 Å². The Hall–Kier alpha value is -3.49. The van der Waals surface area contributed by atoms with Gasteiger partial charge in [0.25, 0.3) is 0 Å². The molecule has 5 rings (SSSR count). The lowest BCUT2D eigenvalue weighted by Crippen LogP contribution is -2.48. The maximum atomic E-state index is 15.3. The fraction of sp³-hybridized carbons (Fsp3) is 0.107. The highest BCUT2D eigenvalue weighted by atomic mass is 31.2. The monoisotopic (exact) mass is 455 g/mol. The molecule has 0 aromatic heterocycles. The van der Waals surface area contributed by atoms with Crippen LogP contribution in [0, 0.1) is 5.82 Å². The van der Waals surface area contributed by atoms with Crippen LogP contribution >= 0.6 is 7.14 Å². The number of amides is 1. The van der Waals surface area contributed by atoms with E-state index >= 15 is 4.57 Å². The minimum Gasteiger partial charge on any atom is -0.314 e. The Bertz CT molecular complexity index is 1300. The fourth-order valence-electron chi connectivity index (χ4n) is 4.87. The molecular formula is C28H23FNO2P. The number of anilines is 1. The summed E-state index contributed by atoms with van der Waals surface area (Å²) in [6.07, 6.45) is 0. The van der Waals surface area contributed by atoms with Gasteiger partial charge in [-0.3, -0.25) is 4.79 Å². The number of hydrogen-bond acceptors (Lipinski definition) is 2. The van der Waals surface area contributed by atoms with Gasteiger partial charge in [0.05, 0.1) is 0 Å². The molecule has 3 nitrogen and oxygen atoms in total. The molecule has 0 unspecified atom stereocenters. The molecule has 0 bridgehead atoms. The van der Waals surface area contributed by atoms with E-state index in [0.717, 1.165) is 5.56 Å². The molecule has 4 aromatic carbocycles.